The molecule has 2 heterocycles. The van der Waals surface area contributed by atoms with E-state index in [1.54, 1.807) is 29.4 Å². The Morgan fingerprint density at radius 1 is 0.913 bits per heavy atom. The highest BCUT2D eigenvalue weighted by Crippen LogP contribution is 2.27. The number of urea groups is 1. The number of hydrogen-bond acceptors (Lipinski definition) is 6. The van der Waals surface area contributed by atoms with Crippen LogP contribution in [-0.4, -0.2) is 77.6 Å². The first-order valence-electron chi connectivity index (χ1n) is 14.4. The molecule has 1 aliphatic heterocycles. The van der Waals surface area contributed by atoms with Gasteiger partial charge in [0.1, 0.15) is 11.6 Å². The Morgan fingerprint density at radius 2 is 1.63 bits per heavy atom. The molecular weight excluding hydrogens is 614 g/mol. The van der Waals surface area contributed by atoms with Crippen molar-refractivity contribution in [2.24, 2.45) is 5.92 Å². The Labute approximate surface area is 261 Å². The highest BCUT2D eigenvalue weighted by molar-refractivity contribution is 5.96. The minimum Gasteiger partial charge on any atom is -0.475 e. The lowest BCUT2D eigenvalue weighted by Gasteiger charge is -2.35. The van der Waals surface area contributed by atoms with Gasteiger partial charge in [0.15, 0.2) is 0 Å². The van der Waals surface area contributed by atoms with Gasteiger partial charge in [0, 0.05) is 50.4 Å². The number of anilines is 1. The van der Waals surface area contributed by atoms with E-state index in [2.05, 4.69) is 20.9 Å². The zero-order chi connectivity index (χ0) is 33.3. The maximum atomic E-state index is 14.6. The van der Waals surface area contributed by atoms with Crippen molar-refractivity contribution in [3.05, 3.63) is 89.1 Å². The number of carbonyl (C=O) groups is 4. The largest absolute Gasteiger partial charge is 0.490 e. The molecular formula is C31H33F4N5O6. The maximum absolute atomic E-state index is 14.6. The van der Waals surface area contributed by atoms with Gasteiger partial charge in [-0.1, -0.05) is 12.1 Å². The van der Waals surface area contributed by atoms with Crippen LogP contribution < -0.4 is 16.0 Å². The topological polar surface area (TPSA) is 144 Å². The van der Waals surface area contributed by atoms with Crippen molar-refractivity contribution in [3.63, 3.8) is 0 Å². The summed E-state index contributed by atoms with van der Waals surface area (Å²) in [6, 6.07) is 14.8. The molecule has 0 bridgehead atoms. The van der Waals surface area contributed by atoms with Crippen molar-refractivity contribution in [2.45, 2.75) is 32.1 Å². The Hall–Kier alpha value is -4.92. The van der Waals surface area contributed by atoms with Gasteiger partial charge in [-0.3, -0.25) is 14.5 Å². The van der Waals surface area contributed by atoms with E-state index in [4.69, 9.17) is 14.3 Å². The molecule has 5 rings (SSSR count). The van der Waals surface area contributed by atoms with Crippen LogP contribution in [0.1, 0.15) is 44.9 Å². The zero-order valence-electron chi connectivity index (χ0n) is 24.6. The third-order valence-electron chi connectivity index (χ3n) is 7.21. The van der Waals surface area contributed by atoms with Gasteiger partial charge in [0.25, 0.3) is 11.8 Å². The van der Waals surface area contributed by atoms with Crippen LogP contribution in [0.2, 0.25) is 0 Å². The monoisotopic (exact) mass is 647 g/mol. The fourth-order valence-corrected chi connectivity index (χ4v) is 4.52. The average molecular weight is 648 g/mol. The van der Waals surface area contributed by atoms with E-state index in [1.807, 2.05) is 18.2 Å². The molecule has 46 heavy (non-hydrogen) atoms. The smallest absolute Gasteiger partial charge is 0.475 e. The molecule has 0 atom stereocenters. The molecule has 0 unspecified atom stereocenters. The van der Waals surface area contributed by atoms with E-state index in [0.29, 0.717) is 63.1 Å². The van der Waals surface area contributed by atoms with Crippen molar-refractivity contribution < 1.29 is 46.3 Å². The first-order chi connectivity index (χ1) is 21.9. The fraction of sp³-hybridized carbons (Fsp3) is 0.355. The second kappa shape index (κ2) is 15.4. The number of hydrogen-bond donors (Lipinski definition) is 4. The van der Waals surface area contributed by atoms with Crippen molar-refractivity contribution in [1.29, 1.82) is 0 Å². The summed E-state index contributed by atoms with van der Waals surface area (Å²) < 4.78 is 51.6. The van der Waals surface area contributed by atoms with Crippen molar-refractivity contribution in [3.8, 4) is 0 Å². The first-order valence-corrected chi connectivity index (χ1v) is 14.4. The van der Waals surface area contributed by atoms with Crippen LogP contribution in [0.3, 0.4) is 0 Å². The molecule has 2 aliphatic rings. The molecule has 2 fully saturated rings. The Bertz CT molecular complexity index is 1520. The van der Waals surface area contributed by atoms with Crippen LogP contribution in [0.5, 0.6) is 0 Å². The number of piperazine rings is 1. The number of benzene rings is 2. The van der Waals surface area contributed by atoms with Crippen LogP contribution >= 0.6 is 0 Å². The molecule has 0 spiro atoms. The number of alkyl halides is 3. The van der Waals surface area contributed by atoms with Gasteiger partial charge in [0.05, 0.1) is 18.5 Å². The Balaban J connectivity index is 0.000000617. The standard InChI is InChI=1S/C29H32FN5O4.C2HF3O2/c30-25-16-23(8-9-26(25)33-29(38)32-17-20-6-7-20)28(37)35-12-10-34(11-13-35)19-21-3-1-4-22(15-21)27(36)31-18-24-5-2-14-39-24;3-2(4,5)1(6)7/h1-5,8-9,14-16,20H,6-7,10-13,17-19H2,(H,31,36)(H2,32,33,38);(H,6,7). The summed E-state index contributed by atoms with van der Waals surface area (Å²) in [5, 5.41) is 15.2. The molecule has 15 heteroatoms. The quantitative estimate of drug-likeness (QED) is 0.251. The zero-order valence-corrected chi connectivity index (χ0v) is 24.6. The number of furan rings is 1. The number of carboxylic acid groups (broad SMARTS) is 1. The number of nitrogens with zero attached hydrogens (tertiary/aromatic N) is 2. The number of aliphatic carboxylic acids is 1. The second-order valence-electron chi connectivity index (χ2n) is 10.8. The van der Waals surface area contributed by atoms with Gasteiger partial charge in [-0.2, -0.15) is 13.2 Å². The highest BCUT2D eigenvalue weighted by atomic mass is 19.4. The molecule has 246 valence electrons. The van der Waals surface area contributed by atoms with Crippen LogP contribution in [0.25, 0.3) is 0 Å². The normalized spacial score (nSPS) is 14.9. The number of carboxylic acids is 1. The first kappa shape index (κ1) is 34.0. The van der Waals surface area contributed by atoms with E-state index in [9.17, 15) is 31.9 Å². The summed E-state index contributed by atoms with van der Waals surface area (Å²) in [7, 11) is 0. The molecule has 0 radical (unpaired) electrons. The molecule has 11 nitrogen and oxygen atoms in total. The minimum absolute atomic E-state index is 0.0431. The number of carbonyl (C=O) groups excluding carboxylic acids is 3. The molecule has 4 amide bonds. The van der Waals surface area contributed by atoms with Crippen LogP contribution in [-0.2, 0) is 17.9 Å². The van der Waals surface area contributed by atoms with Gasteiger partial charge < -0.3 is 30.4 Å². The highest BCUT2D eigenvalue weighted by Gasteiger charge is 2.38. The molecule has 4 N–H and O–H groups in total. The fourth-order valence-electron chi connectivity index (χ4n) is 4.52. The summed E-state index contributed by atoms with van der Waals surface area (Å²) in [5.41, 5.74) is 1.87. The van der Waals surface area contributed by atoms with E-state index in [1.165, 1.54) is 18.2 Å². The molecule has 1 aromatic heterocycles. The summed E-state index contributed by atoms with van der Waals surface area (Å²) in [6.07, 6.45) is -1.29. The Kier molecular flexibility index (Phi) is 11.4. The number of nitrogens with one attached hydrogen (secondary N) is 3. The third kappa shape index (κ3) is 10.3. The van der Waals surface area contributed by atoms with Gasteiger partial charge in [-0.25, -0.2) is 14.0 Å². The molecule has 1 saturated heterocycles. The SMILES string of the molecule is O=C(NCC1CC1)Nc1ccc(C(=O)N2CCN(Cc3cccc(C(=O)NCc4ccco4)c3)CC2)cc1F.O=C(O)C(F)(F)F. The summed E-state index contributed by atoms with van der Waals surface area (Å²) in [4.78, 5) is 50.3. The summed E-state index contributed by atoms with van der Waals surface area (Å²) in [6.45, 7) is 3.89. The molecule has 3 aromatic rings. The molecule has 1 aliphatic carbocycles. The van der Waals surface area contributed by atoms with E-state index < -0.39 is 24.0 Å². The number of rotatable bonds is 9. The van der Waals surface area contributed by atoms with Gasteiger partial charge >= 0.3 is 18.2 Å². The van der Waals surface area contributed by atoms with Crippen LogP contribution in [0.4, 0.5) is 28.0 Å². The van der Waals surface area contributed by atoms with Crippen molar-refractivity contribution in [1.82, 2.24) is 20.4 Å². The van der Waals surface area contributed by atoms with E-state index >= 15 is 0 Å². The summed E-state index contributed by atoms with van der Waals surface area (Å²) in [5.74, 6) is -2.60. The lowest BCUT2D eigenvalue weighted by atomic mass is 10.1. The average Bonchev–Trinajstić information content (AvgIpc) is 3.71. The Morgan fingerprint density at radius 3 is 2.24 bits per heavy atom. The predicted molar refractivity (Wildman–Crippen MR) is 157 cm³/mol. The number of halogens is 4. The molecule has 1 saturated carbocycles. The van der Waals surface area contributed by atoms with Crippen LogP contribution in [0, 0.1) is 11.7 Å². The number of amides is 4. The lowest BCUT2D eigenvalue weighted by molar-refractivity contribution is -0.192. The van der Waals surface area contributed by atoms with E-state index in [-0.39, 0.29) is 23.1 Å². The summed E-state index contributed by atoms with van der Waals surface area (Å²) >= 11 is 0. The second-order valence-corrected chi connectivity index (χ2v) is 10.8. The predicted octanol–water partition coefficient (Wildman–Crippen LogP) is 4.47. The van der Waals surface area contributed by atoms with Gasteiger partial charge in [-0.15, -0.1) is 0 Å². The van der Waals surface area contributed by atoms with Gasteiger partial charge in [0.2, 0.25) is 0 Å². The van der Waals surface area contributed by atoms with Crippen LogP contribution in [0.15, 0.2) is 65.3 Å². The van der Waals surface area contributed by atoms with Crippen molar-refractivity contribution >= 4 is 29.5 Å². The van der Waals surface area contributed by atoms with Crippen molar-refractivity contribution in [2.75, 3.05) is 38.0 Å². The lowest BCUT2D eigenvalue weighted by Crippen LogP contribution is -2.48. The third-order valence-corrected chi connectivity index (χ3v) is 7.21. The minimum atomic E-state index is -5.08. The maximum Gasteiger partial charge on any atom is 0.490 e. The van der Waals surface area contributed by atoms with E-state index in [0.717, 1.165) is 18.4 Å². The van der Waals surface area contributed by atoms with Gasteiger partial charge in [-0.05, 0) is 66.8 Å². The molecule has 2 aromatic carbocycles.